The van der Waals surface area contributed by atoms with E-state index in [1.807, 2.05) is 18.9 Å². The van der Waals surface area contributed by atoms with E-state index in [0.717, 1.165) is 5.57 Å². The maximum atomic E-state index is 5.80. The molecule has 0 aromatic rings. The van der Waals surface area contributed by atoms with Crippen molar-refractivity contribution < 1.29 is 4.74 Å². The van der Waals surface area contributed by atoms with E-state index in [0.29, 0.717) is 31.8 Å². The van der Waals surface area contributed by atoms with E-state index in [-0.39, 0.29) is 0 Å². The fourth-order valence-electron chi connectivity index (χ4n) is 1.23. The van der Waals surface area contributed by atoms with Crippen LogP contribution < -0.4 is 5.73 Å². The van der Waals surface area contributed by atoms with Crippen molar-refractivity contribution in [1.82, 2.24) is 4.90 Å². The molecule has 0 bridgehead atoms. The third kappa shape index (κ3) is 4.83. The molecule has 1 rings (SSSR count). The zero-order chi connectivity index (χ0) is 11.3. The molecular weight excluding hydrogens is 190 g/mol. The Morgan fingerprint density at radius 2 is 2.27 bits per heavy atom. The Hall–Kier alpha value is -1.03. The Balaban J connectivity index is 2.10. The molecule has 0 aromatic heterocycles. The van der Waals surface area contributed by atoms with Crippen molar-refractivity contribution in [2.24, 2.45) is 10.7 Å². The summed E-state index contributed by atoms with van der Waals surface area (Å²) in [6, 6.07) is 0.616. The molecule has 0 spiro atoms. The summed E-state index contributed by atoms with van der Waals surface area (Å²) in [7, 11) is 1.99. The zero-order valence-electron chi connectivity index (χ0n) is 9.70. The minimum Gasteiger partial charge on any atom is -0.375 e. The zero-order valence-corrected chi connectivity index (χ0v) is 9.70. The Kier molecular flexibility index (Phi) is 4.62. The molecule has 0 amide bonds. The summed E-state index contributed by atoms with van der Waals surface area (Å²) < 4.78 is 5.32. The molecule has 15 heavy (non-hydrogen) atoms. The van der Waals surface area contributed by atoms with Crippen LogP contribution in [0.25, 0.3) is 0 Å². The van der Waals surface area contributed by atoms with Gasteiger partial charge in [0.05, 0.1) is 19.8 Å². The number of hydrogen-bond donors (Lipinski definition) is 1. The number of guanidine groups is 1. The van der Waals surface area contributed by atoms with Gasteiger partial charge in [-0.25, -0.2) is 0 Å². The Labute approximate surface area is 91.8 Å². The molecule has 86 valence electrons. The Morgan fingerprint density at radius 1 is 1.60 bits per heavy atom. The first kappa shape index (κ1) is 12.0. The summed E-state index contributed by atoms with van der Waals surface area (Å²) in [5.41, 5.74) is 6.83. The van der Waals surface area contributed by atoms with Crippen LogP contribution in [0.3, 0.4) is 0 Å². The SMILES string of the molecule is C=C(C)COCCN=C(N)N(C)C1CC1. The predicted molar refractivity (Wildman–Crippen MR) is 62.9 cm³/mol. The second-order valence-corrected chi connectivity index (χ2v) is 4.09. The van der Waals surface area contributed by atoms with Gasteiger partial charge in [-0.15, -0.1) is 0 Å². The molecule has 0 unspecified atom stereocenters. The van der Waals surface area contributed by atoms with E-state index in [2.05, 4.69) is 11.6 Å². The highest BCUT2D eigenvalue weighted by atomic mass is 16.5. The molecule has 2 N–H and O–H groups in total. The molecule has 1 aliphatic rings. The number of nitrogens with two attached hydrogens (primary N) is 1. The Morgan fingerprint density at radius 3 is 2.80 bits per heavy atom. The molecule has 0 radical (unpaired) electrons. The minimum absolute atomic E-state index is 0.603. The molecule has 4 nitrogen and oxygen atoms in total. The van der Waals surface area contributed by atoms with Gasteiger partial charge >= 0.3 is 0 Å². The predicted octanol–water partition coefficient (Wildman–Crippen LogP) is 0.988. The Bertz CT molecular complexity index is 246. The summed E-state index contributed by atoms with van der Waals surface area (Å²) in [5, 5.41) is 0. The van der Waals surface area contributed by atoms with Crippen LogP contribution in [0, 0.1) is 0 Å². The number of nitrogens with zero attached hydrogens (tertiary/aromatic N) is 2. The van der Waals surface area contributed by atoms with Crippen molar-refractivity contribution in [2.75, 3.05) is 26.8 Å². The van der Waals surface area contributed by atoms with Crippen molar-refractivity contribution >= 4 is 5.96 Å². The minimum atomic E-state index is 0.603. The third-order valence-corrected chi connectivity index (χ3v) is 2.31. The molecule has 0 heterocycles. The lowest BCUT2D eigenvalue weighted by Crippen LogP contribution is -2.36. The van der Waals surface area contributed by atoms with Gasteiger partial charge in [0, 0.05) is 13.1 Å². The summed E-state index contributed by atoms with van der Waals surface area (Å²) in [6.45, 7) is 7.53. The molecular formula is C11H21N3O. The molecule has 1 aliphatic carbocycles. The molecule has 4 heteroatoms. The third-order valence-electron chi connectivity index (χ3n) is 2.31. The van der Waals surface area contributed by atoms with Crippen molar-refractivity contribution in [3.63, 3.8) is 0 Å². The van der Waals surface area contributed by atoms with Gasteiger partial charge in [-0.1, -0.05) is 12.2 Å². The van der Waals surface area contributed by atoms with Crippen LogP contribution in [0.4, 0.5) is 0 Å². The van der Waals surface area contributed by atoms with Gasteiger partial charge in [0.1, 0.15) is 0 Å². The van der Waals surface area contributed by atoms with Gasteiger partial charge in [-0.05, 0) is 19.8 Å². The lowest BCUT2D eigenvalue weighted by atomic mass is 10.4. The topological polar surface area (TPSA) is 50.9 Å². The van der Waals surface area contributed by atoms with E-state index < -0.39 is 0 Å². The van der Waals surface area contributed by atoms with Crippen LogP contribution in [-0.4, -0.2) is 43.7 Å². The van der Waals surface area contributed by atoms with Gasteiger partial charge in [-0.3, -0.25) is 4.99 Å². The fraction of sp³-hybridized carbons (Fsp3) is 0.727. The second-order valence-electron chi connectivity index (χ2n) is 4.09. The summed E-state index contributed by atoms with van der Waals surface area (Å²) in [4.78, 5) is 6.29. The molecule has 0 saturated heterocycles. The van der Waals surface area contributed by atoms with Crippen LogP contribution in [0.15, 0.2) is 17.1 Å². The highest BCUT2D eigenvalue weighted by molar-refractivity contribution is 5.78. The number of aliphatic imine (C=N–C) groups is 1. The highest BCUT2D eigenvalue weighted by Crippen LogP contribution is 2.24. The smallest absolute Gasteiger partial charge is 0.191 e. The summed E-state index contributed by atoms with van der Waals surface area (Å²) in [6.07, 6.45) is 2.47. The fourth-order valence-corrected chi connectivity index (χ4v) is 1.23. The van der Waals surface area contributed by atoms with Gasteiger partial charge in [0.25, 0.3) is 0 Å². The highest BCUT2D eigenvalue weighted by Gasteiger charge is 2.27. The first-order valence-corrected chi connectivity index (χ1v) is 5.36. The van der Waals surface area contributed by atoms with Gasteiger partial charge in [-0.2, -0.15) is 0 Å². The van der Waals surface area contributed by atoms with Crippen molar-refractivity contribution in [3.05, 3.63) is 12.2 Å². The lowest BCUT2D eigenvalue weighted by molar-refractivity contribution is 0.164. The molecule has 0 aromatic carbocycles. The maximum absolute atomic E-state index is 5.80. The first-order valence-electron chi connectivity index (χ1n) is 5.36. The van der Waals surface area contributed by atoms with Gasteiger partial charge < -0.3 is 15.4 Å². The van der Waals surface area contributed by atoms with E-state index in [4.69, 9.17) is 10.5 Å². The second kappa shape index (κ2) is 5.75. The largest absolute Gasteiger partial charge is 0.375 e. The van der Waals surface area contributed by atoms with E-state index >= 15 is 0 Å². The maximum Gasteiger partial charge on any atom is 0.191 e. The standard InChI is InChI=1S/C11H21N3O/c1-9(2)8-15-7-6-13-11(12)14(3)10-4-5-10/h10H,1,4-8H2,2-3H3,(H2,12,13). The van der Waals surface area contributed by atoms with E-state index in [1.165, 1.54) is 12.8 Å². The van der Waals surface area contributed by atoms with Gasteiger partial charge in [0.15, 0.2) is 5.96 Å². The number of rotatable bonds is 6. The average molecular weight is 211 g/mol. The van der Waals surface area contributed by atoms with Gasteiger partial charge in [0.2, 0.25) is 0 Å². The number of hydrogen-bond acceptors (Lipinski definition) is 2. The quantitative estimate of drug-likeness (QED) is 0.308. The molecule has 1 saturated carbocycles. The molecule has 0 aliphatic heterocycles. The van der Waals surface area contributed by atoms with Crippen molar-refractivity contribution in [3.8, 4) is 0 Å². The van der Waals surface area contributed by atoms with E-state index in [1.54, 1.807) is 0 Å². The normalized spacial score (nSPS) is 16.5. The van der Waals surface area contributed by atoms with Crippen LogP contribution in [0.1, 0.15) is 19.8 Å². The van der Waals surface area contributed by atoms with Crippen LogP contribution >= 0.6 is 0 Å². The van der Waals surface area contributed by atoms with Crippen LogP contribution in [0.5, 0.6) is 0 Å². The molecule has 1 fully saturated rings. The average Bonchev–Trinajstić information content (AvgIpc) is 2.98. The monoisotopic (exact) mass is 211 g/mol. The number of ether oxygens (including phenoxy) is 1. The molecule has 0 atom stereocenters. The summed E-state index contributed by atoms with van der Waals surface area (Å²) >= 11 is 0. The lowest BCUT2D eigenvalue weighted by Gasteiger charge is -2.16. The first-order chi connectivity index (χ1) is 7.11. The summed E-state index contributed by atoms with van der Waals surface area (Å²) in [5.74, 6) is 0.622. The van der Waals surface area contributed by atoms with Crippen LogP contribution in [0.2, 0.25) is 0 Å². The van der Waals surface area contributed by atoms with Crippen molar-refractivity contribution in [2.45, 2.75) is 25.8 Å². The van der Waals surface area contributed by atoms with E-state index in [9.17, 15) is 0 Å². The van der Waals surface area contributed by atoms with Crippen molar-refractivity contribution in [1.29, 1.82) is 0 Å². The van der Waals surface area contributed by atoms with Crippen LogP contribution in [-0.2, 0) is 4.74 Å².